The average Bonchev–Trinajstić information content (AvgIpc) is 3.29. The molecule has 0 aliphatic carbocycles. The molecule has 1 aliphatic heterocycles. The fraction of sp³-hybridized carbons (Fsp3) is 0.200. The molecule has 0 saturated carbocycles. The van der Waals surface area contributed by atoms with Gasteiger partial charge in [0.2, 0.25) is 5.13 Å². The third-order valence-corrected chi connectivity index (χ3v) is 5.49. The van der Waals surface area contributed by atoms with Crippen molar-refractivity contribution in [1.82, 2.24) is 4.98 Å². The van der Waals surface area contributed by atoms with Gasteiger partial charge in [0.15, 0.2) is 24.4 Å². The van der Waals surface area contributed by atoms with Crippen molar-refractivity contribution >= 4 is 44.5 Å². The minimum Gasteiger partial charge on any atom is -0.497 e. The van der Waals surface area contributed by atoms with Crippen LogP contribution in [0.3, 0.4) is 0 Å². The van der Waals surface area contributed by atoms with Gasteiger partial charge in [-0.2, -0.15) is 23.3 Å². The van der Waals surface area contributed by atoms with Crippen molar-refractivity contribution in [2.75, 3.05) is 12.1 Å². The van der Waals surface area contributed by atoms with E-state index in [9.17, 15) is 18.0 Å². The van der Waals surface area contributed by atoms with Gasteiger partial charge in [-0.3, -0.25) is 4.79 Å². The molecule has 4 rings (SSSR count). The number of hydrogen-bond donors (Lipinski definition) is 1. The Kier molecular flexibility index (Phi) is 5.25. The van der Waals surface area contributed by atoms with Crippen LogP contribution in [-0.2, 0) is 11.3 Å². The van der Waals surface area contributed by atoms with Gasteiger partial charge < -0.3 is 4.74 Å². The lowest BCUT2D eigenvalue weighted by Crippen LogP contribution is -2.69. The number of alkyl halides is 3. The first-order valence-corrected chi connectivity index (χ1v) is 9.73. The molecule has 0 spiro atoms. The molecule has 2 heterocycles. The summed E-state index contributed by atoms with van der Waals surface area (Å²) in [6.07, 6.45) is -3.61. The van der Waals surface area contributed by atoms with E-state index in [2.05, 4.69) is 15.1 Å². The van der Waals surface area contributed by atoms with E-state index in [-0.39, 0.29) is 11.7 Å². The third kappa shape index (κ3) is 3.90. The Morgan fingerprint density at radius 3 is 2.60 bits per heavy atom. The van der Waals surface area contributed by atoms with Crippen molar-refractivity contribution in [1.29, 1.82) is 0 Å². The van der Waals surface area contributed by atoms with Crippen LogP contribution < -0.4 is 14.7 Å². The topological polar surface area (TPSA) is 68.8 Å². The summed E-state index contributed by atoms with van der Waals surface area (Å²) in [6, 6.07) is 14.1. The van der Waals surface area contributed by atoms with Crippen molar-refractivity contribution in [3.05, 3.63) is 54.1 Å². The number of nitrogens with one attached hydrogen (secondary N) is 1. The molecular weight excluding hydrogens is 417 g/mol. The number of nitrogens with zero attached hydrogens (tertiary/aromatic N) is 3. The number of anilines is 1. The molecule has 1 N–H and O–H groups in total. The Morgan fingerprint density at radius 1 is 1.20 bits per heavy atom. The Balaban J connectivity index is 1.58. The van der Waals surface area contributed by atoms with Crippen LogP contribution in [0, 0.1) is 5.92 Å². The largest absolute Gasteiger partial charge is 0.497 e. The molecule has 10 heteroatoms. The maximum absolute atomic E-state index is 13.5. The standard InChI is InChI=1S/C20H15F3N4O2S/c1-29-13-8-6-12(7-9-13)10-24-11-14-17(20(21,22)23)26-27(18(14)28)19-25-15-4-2-3-5-16(15)30-19/h2-9,11,14H,10H2,1H3/p+1/t14-/m1/s1. The van der Waals surface area contributed by atoms with Gasteiger partial charge in [-0.1, -0.05) is 23.5 Å². The van der Waals surface area contributed by atoms with E-state index in [1.54, 1.807) is 55.6 Å². The second kappa shape index (κ2) is 7.86. The minimum absolute atomic E-state index is 0.106. The van der Waals surface area contributed by atoms with Gasteiger partial charge in [0.25, 0.3) is 5.91 Å². The average molecular weight is 433 g/mol. The number of thiazole rings is 1. The van der Waals surface area contributed by atoms with Gasteiger partial charge in [0.05, 0.1) is 17.3 Å². The van der Waals surface area contributed by atoms with Gasteiger partial charge >= 0.3 is 6.18 Å². The monoisotopic (exact) mass is 433 g/mol. The van der Waals surface area contributed by atoms with Crippen molar-refractivity contribution < 1.29 is 27.7 Å². The number of methoxy groups -OCH3 is 1. The molecule has 6 nitrogen and oxygen atoms in total. The molecule has 1 amide bonds. The van der Waals surface area contributed by atoms with E-state index in [1.165, 1.54) is 0 Å². The van der Waals surface area contributed by atoms with Crippen molar-refractivity contribution in [3.8, 4) is 5.75 Å². The van der Waals surface area contributed by atoms with Crippen LogP contribution in [0.5, 0.6) is 5.75 Å². The molecular formula is C20H16F3N4O2S+. The summed E-state index contributed by atoms with van der Waals surface area (Å²) in [4.78, 5) is 19.8. The normalized spacial score (nSPS) is 17.2. The van der Waals surface area contributed by atoms with E-state index in [4.69, 9.17) is 4.74 Å². The quantitative estimate of drug-likeness (QED) is 0.629. The van der Waals surface area contributed by atoms with Crippen LogP contribution >= 0.6 is 11.3 Å². The molecule has 1 atom stereocenters. The molecule has 0 saturated heterocycles. The summed E-state index contributed by atoms with van der Waals surface area (Å²) < 4.78 is 46.4. The lowest BCUT2D eigenvalue weighted by Gasteiger charge is -2.07. The fourth-order valence-electron chi connectivity index (χ4n) is 2.98. The van der Waals surface area contributed by atoms with Crippen LogP contribution in [-0.4, -0.2) is 36.1 Å². The van der Waals surface area contributed by atoms with E-state index in [0.29, 0.717) is 11.3 Å². The van der Waals surface area contributed by atoms with E-state index < -0.39 is 23.7 Å². The maximum atomic E-state index is 13.5. The minimum atomic E-state index is -4.75. The number of fused-ring (bicyclic) bond motifs is 1. The highest BCUT2D eigenvalue weighted by Crippen LogP contribution is 2.34. The predicted octanol–water partition coefficient (Wildman–Crippen LogP) is 2.54. The summed E-state index contributed by atoms with van der Waals surface area (Å²) in [5.41, 5.74) is 0.249. The first kappa shape index (κ1) is 20.0. The highest BCUT2D eigenvalue weighted by atomic mass is 32.1. The van der Waals surface area contributed by atoms with Gasteiger partial charge in [-0.25, -0.2) is 9.98 Å². The van der Waals surface area contributed by atoms with Gasteiger partial charge in [0.1, 0.15) is 5.75 Å². The van der Waals surface area contributed by atoms with E-state index >= 15 is 0 Å². The Hall–Kier alpha value is -3.27. The molecule has 0 radical (unpaired) electrons. The Labute approximate surface area is 173 Å². The number of rotatable bonds is 5. The van der Waals surface area contributed by atoms with Gasteiger partial charge in [-0.15, -0.1) is 0 Å². The second-order valence-electron chi connectivity index (χ2n) is 6.47. The molecule has 30 heavy (non-hydrogen) atoms. The van der Waals surface area contributed by atoms with E-state index in [0.717, 1.165) is 32.8 Å². The number of halogens is 3. The lowest BCUT2D eigenvalue weighted by molar-refractivity contribution is -0.471. The van der Waals surface area contributed by atoms with Crippen molar-refractivity contribution in [2.24, 2.45) is 11.0 Å². The molecule has 154 valence electrons. The summed E-state index contributed by atoms with van der Waals surface area (Å²) in [7, 11) is 1.54. The summed E-state index contributed by atoms with van der Waals surface area (Å²) in [5, 5.41) is 4.42. The van der Waals surface area contributed by atoms with Crippen LogP contribution in [0.2, 0.25) is 0 Å². The Morgan fingerprint density at radius 2 is 1.93 bits per heavy atom. The number of para-hydroxylation sites is 1. The summed E-state index contributed by atoms with van der Waals surface area (Å²) >= 11 is 1.11. The molecule has 1 aliphatic rings. The SMILES string of the molecule is COc1ccc(C[NH+]=C[C@H]2C(=O)N(c3nc4ccccc4s3)N=C2C(F)(F)F)cc1. The van der Waals surface area contributed by atoms with Crippen LogP contribution in [0.4, 0.5) is 18.3 Å². The molecule has 3 aromatic rings. The third-order valence-electron chi connectivity index (χ3n) is 4.48. The number of aromatic nitrogens is 1. The number of ether oxygens (including phenoxy) is 1. The fourth-order valence-corrected chi connectivity index (χ4v) is 3.90. The predicted molar refractivity (Wildman–Crippen MR) is 108 cm³/mol. The van der Waals surface area contributed by atoms with Crippen LogP contribution in [0.1, 0.15) is 5.56 Å². The smallest absolute Gasteiger partial charge is 0.432 e. The lowest BCUT2D eigenvalue weighted by atomic mass is 10.0. The van der Waals surface area contributed by atoms with Crippen LogP contribution in [0.15, 0.2) is 53.6 Å². The van der Waals surface area contributed by atoms with Crippen molar-refractivity contribution in [2.45, 2.75) is 12.7 Å². The Bertz CT molecular complexity index is 1110. The number of carbonyl (C=O) groups is 1. The molecule has 0 bridgehead atoms. The first-order valence-electron chi connectivity index (χ1n) is 8.91. The number of amides is 1. The van der Waals surface area contributed by atoms with Crippen molar-refractivity contribution in [3.63, 3.8) is 0 Å². The first-order chi connectivity index (χ1) is 14.4. The second-order valence-corrected chi connectivity index (χ2v) is 7.48. The highest BCUT2D eigenvalue weighted by molar-refractivity contribution is 7.22. The zero-order valence-corrected chi connectivity index (χ0v) is 16.5. The number of hydrazone groups is 1. The van der Waals surface area contributed by atoms with Crippen LogP contribution in [0.25, 0.3) is 10.2 Å². The zero-order valence-electron chi connectivity index (χ0n) is 15.7. The molecule has 0 unspecified atom stereocenters. The molecule has 2 aromatic carbocycles. The molecule has 1 aromatic heterocycles. The van der Waals surface area contributed by atoms with E-state index in [1.807, 2.05) is 0 Å². The van der Waals surface area contributed by atoms with Gasteiger partial charge in [-0.05, 0) is 36.4 Å². The number of carbonyl (C=O) groups excluding carboxylic acids is 1. The zero-order chi connectivity index (χ0) is 21.3. The number of hydrogen-bond acceptors (Lipinski definition) is 5. The number of benzene rings is 2. The highest BCUT2D eigenvalue weighted by Gasteiger charge is 2.51. The molecule has 0 fully saturated rings. The summed E-state index contributed by atoms with van der Waals surface area (Å²) in [5.74, 6) is -1.69. The maximum Gasteiger partial charge on any atom is 0.432 e. The van der Waals surface area contributed by atoms with Gasteiger partial charge in [0, 0.05) is 5.56 Å². The summed E-state index contributed by atoms with van der Waals surface area (Å²) in [6.45, 7) is 0.250.